The maximum Gasteiger partial charge on any atom is 0.235 e. The minimum Gasteiger partial charge on any atom is -0.493 e. The third-order valence-corrected chi connectivity index (χ3v) is 5.13. The van der Waals surface area contributed by atoms with Crippen LogP contribution in [0.1, 0.15) is 17.7 Å². The van der Waals surface area contributed by atoms with Gasteiger partial charge in [0, 0.05) is 26.8 Å². The van der Waals surface area contributed by atoms with Crippen molar-refractivity contribution in [2.24, 2.45) is 0 Å². The van der Waals surface area contributed by atoms with E-state index in [0.29, 0.717) is 48.1 Å². The molecule has 0 unspecified atom stereocenters. The molecule has 0 saturated carbocycles. The van der Waals surface area contributed by atoms with Crippen molar-refractivity contribution >= 4 is 11.0 Å². The molecular formula is C23H25NO6. The first-order valence-electron chi connectivity index (χ1n) is 9.86. The number of methoxy groups -OCH3 is 2. The molecule has 2 heterocycles. The summed E-state index contributed by atoms with van der Waals surface area (Å²) in [6.07, 6.45) is 0.903. The molecule has 3 aromatic rings. The lowest BCUT2D eigenvalue weighted by Gasteiger charge is -2.29. The summed E-state index contributed by atoms with van der Waals surface area (Å²) in [5, 5.41) is 0.464. The molecule has 1 aromatic heterocycles. The van der Waals surface area contributed by atoms with E-state index < -0.39 is 0 Å². The number of aryl methyl sites for hydroxylation is 1. The molecule has 0 spiro atoms. The molecule has 7 nitrogen and oxygen atoms in total. The molecule has 7 heteroatoms. The molecule has 1 aliphatic rings. The Morgan fingerprint density at radius 1 is 1.10 bits per heavy atom. The van der Waals surface area contributed by atoms with Gasteiger partial charge in [0.15, 0.2) is 11.5 Å². The molecule has 1 aliphatic heterocycles. The van der Waals surface area contributed by atoms with Crippen LogP contribution in [0.5, 0.6) is 23.0 Å². The topological polar surface area (TPSA) is 70.4 Å². The molecule has 2 aromatic carbocycles. The molecule has 0 aliphatic carbocycles. The minimum absolute atomic E-state index is 0.153. The summed E-state index contributed by atoms with van der Waals surface area (Å²) in [6.45, 7) is 4.40. The van der Waals surface area contributed by atoms with Gasteiger partial charge >= 0.3 is 0 Å². The quantitative estimate of drug-likeness (QED) is 0.542. The number of nitrogens with zero attached hydrogens (tertiary/aromatic N) is 1. The van der Waals surface area contributed by atoms with E-state index in [-0.39, 0.29) is 11.2 Å². The Hall–Kier alpha value is -3.03. The molecule has 0 saturated heterocycles. The van der Waals surface area contributed by atoms with Crippen molar-refractivity contribution in [2.75, 3.05) is 34.1 Å². The van der Waals surface area contributed by atoms with Gasteiger partial charge in [0.25, 0.3) is 0 Å². The molecule has 0 N–H and O–H groups in total. The zero-order valence-corrected chi connectivity index (χ0v) is 17.4. The molecule has 158 valence electrons. The summed E-state index contributed by atoms with van der Waals surface area (Å²) >= 11 is 0. The summed E-state index contributed by atoms with van der Waals surface area (Å²) in [5.74, 6) is 2.30. The molecule has 0 amide bonds. The van der Waals surface area contributed by atoms with Crippen molar-refractivity contribution in [3.63, 3.8) is 0 Å². The molecule has 30 heavy (non-hydrogen) atoms. The van der Waals surface area contributed by atoms with Crippen LogP contribution in [-0.4, -0.2) is 39.0 Å². The highest BCUT2D eigenvalue weighted by atomic mass is 16.5. The second-order valence-electron chi connectivity index (χ2n) is 7.16. The van der Waals surface area contributed by atoms with Crippen LogP contribution in [0.15, 0.2) is 45.6 Å². The number of rotatable bonds is 7. The van der Waals surface area contributed by atoms with E-state index in [1.165, 1.54) is 0 Å². The average molecular weight is 411 g/mol. The number of ether oxygens (including phenoxy) is 4. The maximum absolute atomic E-state index is 13.2. The van der Waals surface area contributed by atoms with E-state index in [2.05, 4.69) is 4.90 Å². The average Bonchev–Trinajstić information content (AvgIpc) is 2.77. The Morgan fingerprint density at radius 2 is 1.90 bits per heavy atom. The number of fused-ring (bicyclic) bond motifs is 3. The summed E-state index contributed by atoms with van der Waals surface area (Å²) in [6, 6.07) is 10.7. The highest BCUT2D eigenvalue weighted by Gasteiger charge is 2.24. The van der Waals surface area contributed by atoms with Gasteiger partial charge in [-0.05, 0) is 37.6 Å². The highest BCUT2D eigenvalue weighted by molar-refractivity contribution is 5.83. The summed E-state index contributed by atoms with van der Waals surface area (Å²) in [5.41, 5.74) is 1.19. The lowest BCUT2D eigenvalue weighted by atomic mass is 10.1. The van der Waals surface area contributed by atoms with Crippen LogP contribution in [0, 0.1) is 6.92 Å². The van der Waals surface area contributed by atoms with Crippen molar-refractivity contribution in [3.05, 3.63) is 57.9 Å². The van der Waals surface area contributed by atoms with E-state index in [1.807, 2.05) is 18.2 Å². The Morgan fingerprint density at radius 3 is 2.67 bits per heavy atom. The van der Waals surface area contributed by atoms with Gasteiger partial charge in [0.2, 0.25) is 11.2 Å². The minimum atomic E-state index is -0.223. The maximum atomic E-state index is 13.2. The monoisotopic (exact) mass is 411 g/mol. The standard InChI is InChI=1S/C23H25NO6/c1-15-22(30-20-8-5-4-7-19(20)27-3)21(25)16-9-10-18-17(23(16)29-15)13-24(14-28-18)11-6-12-26-2/h4-5,7-10H,6,11-14H2,1-3H3. The lowest BCUT2D eigenvalue weighted by molar-refractivity contribution is 0.0837. The second kappa shape index (κ2) is 8.77. The molecule has 0 radical (unpaired) electrons. The zero-order chi connectivity index (χ0) is 21.1. The van der Waals surface area contributed by atoms with Gasteiger partial charge < -0.3 is 23.4 Å². The Bertz CT molecular complexity index is 1110. The third-order valence-electron chi connectivity index (χ3n) is 5.13. The number of para-hydroxylation sites is 2. The van der Waals surface area contributed by atoms with Gasteiger partial charge in [0.1, 0.15) is 23.8 Å². The predicted molar refractivity (Wildman–Crippen MR) is 113 cm³/mol. The number of hydrogen-bond acceptors (Lipinski definition) is 7. The summed E-state index contributed by atoms with van der Waals surface area (Å²) < 4.78 is 28.3. The summed E-state index contributed by atoms with van der Waals surface area (Å²) in [4.78, 5) is 15.4. The van der Waals surface area contributed by atoms with Crippen LogP contribution in [-0.2, 0) is 11.3 Å². The molecule has 0 bridgehead atoms. The van der Waals surface area contributed by atoms with Gasteiger partial charge in [0.05, 0.1) is 18.1 Å². The van der Waals surface area contributed by atoms with Crippen LogP contribution in [0.25, 0.3) is 11.0 Å². The van der Waals surface area contributed by atoms with E-state index in [0.717, 1.165) is 24.3 Å². The fraction of sp³-hybridized carbons (Fsp3) is 0.348. The van der Waals surface area contributed by atoms with Crippen molar-refractivity contribution in [2.45, 2.75) is 19.9 Å². The SMILES string of the molecule is COCCCN1COc2ccc3c(=O)c(Oc4ccccc4OC)c(C)oc3c2C1. The Balaban J connectivity index is 1.71. The van der Waals surface area contributed by atoms with E-state index in [9.17, 15) is 4.79 Å². The van der Waals surface area contributed by atoms with Crippen LogP contribution in [0.4, 0.5) is 0 Å². The van der Waals surface area contributed by atoms with Crippen molar-refractivity contribution in [1.29, 1.82) is 0 Å². The van der Waals surface area contributed by atoms with Gasteiger partial charge in [-0.25, -0.2) is 0 Å². The molecule has 4 rings (SSSR count). The first kappa shape index (κ1) is 20.3. The van der Waals surface area contributed by atoms with Gasteiger partial charge in [-0.1, -0.05) is 12.1 Å². The lowest BCUT2D eigenvalue weighted by Crippen LogP contribution is -2.33. The van der Waals surface area contributed by atoms with Crippen LogP contribution in [0.2, 0.25) is 0 Å². The molecular weight excluding hydrogens is 386 g/mol. The largest absolute Gasteiger partial charge is 0.493 e. The fourth-order valence-corrected chi connectivity index (χ4v) is 3.61. The number of hydrogen-bond donors (Lipinski definition) is 0. The third kappa shape index (κ3) is 3.86. The van der Waals surface area contributed by atoms with Crippen LogP contribution in [0.3, 0.4) is 0 Å². The van der Waals surface area contributed by atoms with Crippen molar-refractivity contribution in [1.82, 2.24) is 4.90 Å². The Labute approximate surface area is 174 Å². The first-order valence-corrected chi connectivity index (χ1v) is 9.86. The fourth-order valence-electron chi connectivity index (χ4n) is 3.61. The summed E-state index contributed by atoms with van der Waals surface area (Å²) in [7, 11) is 3.25. The first-order chi connectivity index (χ1) is 14.6. The molecule has 0 atom stereocenters. The number of benzene rings is 2. The van der Waals surface area contributed by atoms with Gasteiger partial charge in [-0.2, -0.15) is 0 Å². The molecule has 0 fully saturated rings. The normalized spacial score (nSPS) is 13.7. The van der Waals surface area contributed by atoms with Gasteiger partial charge in [-0.3, -0.25) is 9.69 Å². The predicted octanol–water partition coefficient (Wildman–Crippen LogP) is 4.09. The van der Waals surface area contributed by atoms with E-state index in [4.69, 9.17) is 23.4 Å². The Kier molecular flexibility index (Phi) is 5.92. The van der Waals surface area contributed by atoms with Crippen molar-refractivity contribution < 1.29 is 23.4 Å². The second-order valence-corrected chi connectivity index (χ2v) is 7.16. The van der Waals surface area contributed by atoms with Crippen LogP contribution < -0.4 is 19.6 Å². The smallest absolute Gasteiger partial charge is 0.235 e. The van der Waals surface area contributed by atoms with Crippen molar-refractivity contribution in [3.8, 4) is 23.0 Å². The van der Waals surface area contributed by atoms with E-state index >= 15 is 0 Å². The highest BCUT2D eigenvalue weighted by Crippen LogP contribution is 2.36. The zero-order valence-electron chi connectivity index (χ0n) is 17.4. The van der Waals surface area contributed by atoms with E-state index in [1.54, 1.807) is 39.3 Å². The van der Waals surface area contributed by atoms with Gasteiger partial charge in [-0.15, -0.1) is 0 Å². The van der Waals surface area contributed by atoms with Crippen LogP contribution >= 0.6 is 0 Å².